The van der Waals surface area contributed by atoms with Crippen LogP contribution in [0.1, 0.15) is 16.6 Å². The number of carboxylic acid groups (broad SMARTS) is 1. The number of anilines is 2. The lowest BCUT2D eigenvalue weighted by Gasteiger charge is -2.21. The van der Waals surface area contributed by atoms with Crippen molar-refractivity contribution in [3.05, 3.63) is 58.8 Å². The topological polar surface area (TPSA) is 57.6 Å². The second kappa shape index (κ2) is 5.61. The molecule has 0 radical (unpaired) electrons. The zero-order chi connectivity index (χ0) is 15.7. The van der Waals surface area contributed by atoms with E-state index in [1.165, 1.54) is 11.8 Å². The molecule has 0 atom stereocenters. The van der Waals surface area contributed by atoms with Gasteiger partial charge in [0.15, 0.2) is 0 Å². The van der Waals surface area contributed by atoms with E-state index in [0.29, 0.717) is 11.4 Å². The number of amides is 1. The van der Waals surface area contributed by atoms with Crippen LogP contribution in [0, 0.1) is 0 Å². The van der Waals surface area contributed by atoms with Crippen molar-refractivity contribution in [1.82, 2.24) is 0 Å². The molecule has 0 bridgehead atoms. The molecule has 4 nitrogen and oxygen atoms in total. The summed E-state index contributed by atoms with van der Waals surface area (Å²) >= 11 is 1.11. The third kappa shape index (κ3) is 2.46. The number of rotatable bonds is 3. The lowest BCUT2D eigenvalue weighted by Crippen LogP contribution is -2.23. The van der Waals surface area contributed by atoms with Gasteiger partial charge >= 0.3 is 5.97 Å². The summed E-state index contributed by atoms with van der Waals surface area (Å²) in [6.07, 6.45) is 0. The Morgan fingerprint density at radius 3 is 2.45 bits per heavy atom. The van der Waals surface area contributed by atoms with Crippen molar-refractivity contribution in [2.75, 3.05) is 4.90 Å². The van der Waals surface area contributed by atoms with E-state index in [2.05, 4.69) is 0 Å². The van der Waals surface area contributed by atoms with E-state index < -0.39 is 5.97 Å². The van der Waals surface area contributed by atoms with Crippen LogP contribution in [0.15, 0.2) is 53.9 Å². The van der Waals surface area contributed by atoms with Gasteiger partial charge in [0.1, 0.15) is 4.88 Å². The minimum absolute atomic E-state index is 0.156. The van der Waals surface area contributed by atoms with Crippen molar-refractivity contribution in [1.29, 1.82) is 0 Å². The summed E-state index contributed by atoms with van der Waals surface area (Å²) in [4.78, 5) is 25.0. The summed E-state index contributed by atoms with van der Waals surface area (Å²) in [5.41, 5.74) is 1.06. The SMILES string of the molecule is CC(=O)N(c1ccc2ccccc2c1)c1ccsc1C(=O)O. The van der Waals surface area contributed by atoms with E-state index in [4.69, 9.17) is 0 Å². The largest absolute Gasteiger partial charge is 0.477 e. The Morgan fingerprint density at radius 2 is 1.77 bits per heavy atom. The van der Waals surface area contributed by atoms with Gasteiger partial charge in [-0.2, -0.15) is 0 Å². The molecule has 5 heteroatoms. The average molecular weight is 311 g/mol. The first-order valence-electron chi connectivity index (χ1n) is 6.68. The van der Waals surface area contributed by atoms with Crippen LogP contribution in [0.3, 0.4) is 0 Å². The molecule has 22 heavy (non-hydrogen) atoms. The molecule has 3 rings (SSSR count). The molecule has 1 amide bonds. The lowest BCUT2D eigenvalue weighted by molar-refractivity contribution is -0.115. The zero-order valence-electron chi connectivity index (χ0n) is 11.8. The van der Waals surface area contributed by atoms with Crippen LogP contribution in [-0.2, 0) is 4.79 Å². The minimum Gasteiger partial charge on any atom is -0.477 e. The quantitative estimate of drug-likeness (QED) is 0.785. The van der Waals surface area contributed by atoms with Gasteiger partial charge in [-0.05, 0) is 34.4 Å². The predicted molar refractivity (Wildman–Crippen MR) is 88.0 cm³/mol. The van der Waals surface area contributed by atoms with Crippen LogP contribution >= 0.6 is 11.3 Å². The molecule has 0 fully saturated rings. The smallest absolute Gasteiger partial charge is 0.348 e. The first-order chi connectivity index (χ1) is 10.6. The van der Waals surface area contributed by atoms with Crippen LogP contribution in [0.4, 0.5) is 11.4 Å². The molecule has 110 valence electrons. The van der Waals surface area contributed by atoms with Crippen molar-refractivity contribution in [2.24, 2.45) is 0 Å². The molecule has 0 aliphatic carbocycles. The van der Waals surface area contributed by atoms with Gasteiger partial charge in [0.2, 0.25) is 5.91 Å². The van der Waals surface area contributed by atoms with Crippen LogP contribution in [0.5, 0.6) is 0 Å². The second-order valence-electron chi connectivity index (χ2n) is 4.83. The average Bonchev–Trinajstić information content (AvgIpc) is 2.96. The fraction of sp³-hybridized carbons (Fsp3) is 0.0588. The minimum atomic E-state index is -1.03. The van der Waals surface area contributed by atoms with Gasteiger partial charge in [-0.3, -0.25) is 9.69 Å². The molecule has 1 N–H and O–H groups in total. The zero-order valence-corrected chi connectivity index (χ0v) is 12.6. The number of fused-ring (bicyclic) bond motifs is 1. The normalized spacial score (nSPS) is 10.6. The monoisotopic (exact) mass is 311 g/mol. The Bertz CT molecular complexity index is 869. The highest BCUT2D eigenvalue weighted by atomic mass is 32.1. The summed E-state index contributed by atoms with van der Waals surface area (Å²) in [6, 6.07) is 15.1. The van der Waals surface area contributed by atoms with Crippen LogP contribution in [-0.4, -0.2) is 17.0 Å². The highest BCUT2D eigenvalue weighted by Gasteiger charge is 2.22. The number of carbonyl (C=O) groups is 2. The third-order valence-corrected chi connectivity index (χ3v) is 4.28. The Hall–Kier alpha value is -2.66. The first-order valence-corrected chi connectivity index (χ1v) is 7.56. The molecule has 1 heterocycles. The molecular weight excluding hydrogens is 298 g/mol. The number of carbonyl (C=O) groups excluding carboxylic acids is 1. The fourth-order valence-electron chi connectivity index (χ4n) is 2.44. The van der Waals surface area contributed by atoms with Gasteiger partial charge in [-0.1, -0.05) is 30.3 Å². The Labute approximate surface area is 131 Å². The molecule has 0 unspecified atom stereocenters. The third-order valence-electron chi connectivity index (χ3n) is 3.39. The first kappa shape index (κ1) is 14.3. The molecule has 0 aliphatic heterocycles. The summed E-state index contributed by atoms with van der Waals surface area (Å²) in [5, 5.41) is 13.0. The van der Waals surface area contributed by atoms with Crippen LogP contribution < -0.4 is 4.90 Å². The summed E-state index contributed by atoms with van der Waals surface area (Å²) in [5.74, 6) is -1.26. The molecule has 3 aromatic rings. The van der Waals surface area contributed by atoms with E-state index >= 15 is 0 Å². The number of carboxylic acids is 1. The highest BCUT2D eigenvalue weighted by molar-refractivity contribution is 7.12. The Morgan fingerprint density at radius 1 is 1.05 bits per heavy atom. The van der Waals surface area contributed by atoms with Gasteiger partial charge in [0, 0.05) is 12.6 Å². The molecule has 0 saturated heterocycles. The van der Waals surface area contributed by atoms with E-state index in [9.17, 15) is 14.7 Å². The van der Waals surface area contributed by atoms with E-state index in [-0.39, 0.29) is 10.8 Å². The number of hydrogen-bond donors (Lipinski definition) is 1. The van der Waals surface area contributed by atoms with Gasteiger partial charge in [-0.25, -0.2) is 4.79 Å². The van der Waals surface area contributed by atoms with Gasteiger partial charge in [-0.15, -0.1) is 11.3 Å². The number of nitrogens with zero attached hydrogens (tertiary/aromatic N) is 1. The number of hydrogen-bond acceptors (Lipinski definition) is 3. The number of aromatic carboxylic acids is 1. The summed E-state index contributed by atoms with van der Waals surface area (Å²) < 4.78 is 0. The maximum Gasteiger partial charge on any atom is 0.348 e. The molecular formula is C17H13NO3S. The van der Waals surface area contributed by atoms with Crippen molar-refractivity contribution >= 4 is 45.4 Å². The summed E-state index contributed by atoms with van der Waals surface area (Å²) in [6.45, 7) is 1.43. The van der Waals surface area contributed by atoms with Crippen molar-refractivity contribution < 1.29 is 14.7 Å². The standard InChI is InChI=1S/C17H13NO3S/c1-11(19)18(15-8-9-22-16(15)17(20)21)14-7-6-12-4-2-3-5-13(12)10-14/h2-10H,1H3,(H,20,21). The van der Waals surface area contributed by atoms with Crippen molar-refractivity contribution in [3.63, 3.8) is 0 Å². The fourth-order valence-corrected chi connectivity index (χ4v) is 3.16. The van der Waals surface area contributed by atoms with E-state index in [1.54, 1.807) is 11.4 Å². The predicted octanol–water partition coefficient (Wildman–Crippen LogP) is 4.28. The Kier molecular flexibility index (Phi) is 3.65. The van der Waals surface area contributed by atoms with E-state index in [1.807, 2.05) is 42.5 Å². The summed E-state index contributed by atoms with van der Waals surface area (Å²) in [7, 11) is 0. The maximum atomic E-state index is 12.1. The second-order valence-corrected chi connectivity index (χ2v) is 5.74. The molecule has 2 aromatic carbocycles. The van der Waals surface area contributed by atoms with Crippen molar-refractivity contribution in [2.45, 2.75) is 6.92 Å². The van der Waals surface area contributed by atoms with Crippen LogP contribution in [0.2, 0.25) is 0 Å². The number of thiophene rings is 1. The molecule has 0 aliphatic rings. The van der Waals surface area contributed by atoms with Gasteiger partial charge in [0.25, 0.3) is 0 Å². The van der Waals surface area contributed by atoms with Crippen LogP contribution in [0.25, 0.3) is 10.8 Å². The number of benzene rings is 2. The molecule has 1 aromatic heterocycles. The lowest BCUT2D eigenvalue weighted by atomic mass is 10.1. The molecule has 0 saturated carbocycles. The highest BCUT2D eigenvalue weighted by Crippen LogP contribution is 2.34. The van der Waals surface area contributed by atoms with E-state index in [0.717, 1.165) is 22.1 Å². The Balaban J connectivity index is 2.16. The van der Waals surface area contributed by atoms with Crippen molar-refractivity contribution in [3.8, 4) is 0 Å². The molecule has 0 spiro atoms. The maximum absolute atomic E-state index is 12.1. The van der Waals surface area contributed by atoms with Gasteiger partial charge < -0.3 is 5.11 Å². The van der Waals surface area contributed by atoms with Gasteiger partial charge in [0.05, 0.1) is 5.69 Å².